The maximum atomic E-state index is 12.0. The highest BCUT2D eigenvalue weighted by atomic mass is 16.2. The normalized spacial score (nSPS) is 11.4. The third-order valence-corrected chi connectivity index (χ3v) is 2.01. The number of carbonyl (C=O) groups is 1. The zero-order valence-corrected chi connectivity index (χ0v) is 11.6. The lowest BCUT2D eigenvalue weighted by molar-refractivity contribution is 0.183. The van der Waals surface area contributed by atoms with Crippen LogP contribution in [0.1, 0.15) is 41.0 Å². The van der Waals surface area contributed by atoms with E-state index < -0.39 is 0 Å². The van der Waals surface area contributed by atoms with E-state index in [0.717, 1.165) is 0 Å². The molecule has 0 unspecified atom stereocenters. The second-order valence-electron chi connectivity index (χ2n) is 5.80. The number of nitrogens with zero attached hydrogens (tertiary/aromatic N) is 1. The van der Waals surface area contributed by atoms with Crippen molar-refractivity contribution in [2.45, 2.75) is 46.6 Å². The highest BCUT2D eigenvalue weighted by Gasteiger charge is 2.20. The van der Waals surface area contributed by atoms with Crippen LogP contribution in [0.25, 0.3) is 0 Å². The molecule has 0 rings (SSSR count). The van der Waals surface area contributed by atoms with Crippen LogP contribution in [0.15, 0.2) is 0 Å². The fourth-order valence-corrected chi connectivity index (χ4v) is 1.37. The van der Waals surface area contributed by atoms with Gasteiger partial charge in [-0.15, -0.1) is 0 Å². The Kier molecular flexibility index (Phi) is 5.99. The minimum absolute atomic E-state index is 0.0903. The topological polar surface area (TPSA) is 82.2 Å². The van der Waals surface area contributed by atoms with Gasteiger partial charge in [-0.25, -0.2) is 4.79 Å². The maximum Gasteiger partial charge on any atom is 0.317 e. The first-order chi connectivity index (χ1) is 7.61. The average molecular weight is 242 g/mol. The Hall–Kier alpha value is -1.26. The van der Waals surface area contributed by atoms with Gasteiger partial charge in [0.2, 0.25) is 0 Å². The molecule has 5 nitrogen and oxygen atoms in total. The van der Waals surface area contributed by atoms with Crippen LogP contribution in [0, 0.1) is 11.3 Å². The third-order valence-electron chi connectivity index (χ3n) is 2.01. The van der Waals surface area contributed by atoms with Gasteiger partial charge in [0.15, 0.2) is 0 Å². The van der Waals surface area contributed by atoms with Gasteiger partial charge in [-0.05, 0) is 26.7 Å². The van der Waals surface area contributed by atoms with Crippen LogP contribution < -0.4 is 11.1 Å². The first-order valence-corrected chi connectivity index (χ1v) is 6.02. The van der Waals surface area contributed by atoms with E-state index in [1.807, 2.05) is 20.8 Å². The highest BCUT2D eigenvalue weighted by molar-refractivity contribution is 5.79. The molecular weight excluding hydrogens is 216 g/mol. The molecule has 0 bridgehead atoms. The fraction of sp³-hybridized carbons (Fsp3) is 0.833. The molecule has 0 aromatic rings. The average Bonchev–Trinajstić information content (AvgIpc) is 2.08. The summed E-state index contributed by atoms with van der Waals surface area (Å²) < 4.78 is 0. The number of amides is 2. The molecule has 0 saturated heterocycles. The zero-order valence-electron chi connectivity index (χ0n) is 11.6. The van der Waals surface area contributed by atoms with Crippen LogP contribution in [0.2, 0.25) is 0 Å². The Morgan fingerprint density at radius 3 is 2.29 bits per heavy atom. The summed E-state index contributed by atoms with van der Waals surface area (Å²) in [4.78, 5) is 13.7. The van der Waals surface area contributed by atoms with E-state index in [2.05, 4.69) is 19.2 Å². The van der Waals surface area contributed by atoms with Gasteiger partial charge >= 0.3 is 6.03 Å². The van der Waals surface area contributed by atoms with Gasteiger partial charge in [0.05, 0.1) is 5.84 Å². The van der Waals surface area contributed by atoms with Crippen molar-refractivity contribution >= 4 is 11.9 Å². The molecule has 0 radical (unpaired) electrons. The van der Waals surface area contributed by atoms with E-state index in [9.17, 15) is 4.79 Å². The number of hydrogen-bond donors (Lipinski definition) is 3. The molecule has 0 aromatic heterocycles. The lowest BCUT2D eigenvalue weighted by Gasteiger charge is -2.29. The van der Waals surface area contributed by atoms with E-state index in [-0.39, 0.29) is 17.4 Å². The van der Waals surface area contributed by atoms with Crippen LogP contribution in [-0.2, 0) is 0 Å². The van der Waals surface area contributed by atoms with Crippen LogP contribution in [0.5, 0.6) is 0 Å². The van der Waals surface area contributed by atoms with Gasteiger partial charge in [-0.2, -0.15) is 0 Å². The summed E-state index contributed by atoms with van der Waals surface area (Å²) in [7, 11) is 0. The smallest absolute Gasteiger partial charge is 0.317 e. The number of urea groups is 1. The van der Waals surface area contributed by atoms with Gasteiger partial charge in [0, 0.05) is 25.0 Å². The predicted molar refractivity (Wildman–Crippen MR) is 71.2 cm³/mol. The quantitative estimate of drug-likeness (QED) is 0.507. The summed E-state index contributed by atoms with van der Waals surface area (Å²) in [6.07, 6.45) is 0.421. The first-order valence-electron chi connectivity index (χ1n) is 6.02. The lowest BCUT2D eigenvalue weighted by Crippen LogP contribution is -2.50. The van der Waals surface area contributed by atoms with E-state index >= 15 is 0 Å². The van der Waals surface area contributed by atoms with E-state index in [0.29, 0.717) is 25.4 Å². The van der Waals surface area contributed by atoms with Gasteiger partial charge in [-0.1, -0.05) is 13.8 Å². The predicted octanol–water partition coefficient (Wildman–Crippen LogP) is 1.78. The van der Waals surface area contributed by atoms with Gasteiger partial charge in [0.1, 0.15) is 0 Å². The molecular formula is C12H26N4O. The van der Waals surface area contributed by atoms with Crippen molar-refractivity contribution in [3.8, 4) is 0 Å². The molecule has 0 spiro atoms. The number of nitrogens with two attached hydrogens (primary N) is 1. The summed E-state index contributed by atoms with van der Waals surface area (Å²) in [5, 5.41) is 10.1. The molecule has 4 N–H and O–H groups in total. The molecule has 0 saturated carbocycles. The zero-order chi connectivity index (χ0) is 13.6. The van der Waals surface area contributed by atoms with E-state index in [1.165, 1.54) is 0 Å². The van der Waals surface area contributed by atoms with Crippen molar-refractivity contribution in [2.75, 3.05) is 13.1 Å². The first kappa shape index (κ1) is 15.7. The van der Waals surface area contributed by atoms with E-state index in [1.54, 1.807) is 4.90 Å². The summed E-state index contributed by atoms with van der Waals surface area (Å²) in [6, 6.07) is -0.0903. The van der Waals surface area contributed by atoms with Crippen molar-refractivity contribution in [1.29, 1.82) is 5.41 Å². The van der Waals surface area contributed by atoms with Crippen molar-refractivity contribution in [3.63, 3.8) is 0 Å². The van der Waals surface area contributed by atoms with Gasteiger partial charge < -0.3 is 16.0 Å². The molecule has 0 fully saturated rings. The minimum atomic E-state index is -0.247. The molecule has 0 aliphatic carbocycles. The molecule has 100 valence electrons. The Balaban J connectivity index is 4.45. The summed E-state index contributed by atoms with van der Waals surface area (Å²) in [6.45, 7) is 11.1. The van der Waals surface area contributed by atoms with Gasteiger partial charge in [0.25, 0.3) is 0 Å². The van der Waals surface area contributed by atoms with Crippen molar-refractivity contribution in [3.05, 3.63) is 0 Å². The number of amidine groups is 1. The van der Waals surface area contributed by atoms with Crippen LogP contribution >= 0.6 is 0 Å². The monoisotopic (exact) mass is 242 g/mol. The Labute approximate surface area is 104 Å². The Morgan fingerprint density at radius 2 is 1.94 bits per heavy atom. The number of nitrogens with one attached hydrogen (secondary N) is 2. The lowest BCUT2D eigenvalue weighted by atomic mass is 10.1. The molecule has 0 atom stereocenters. The third kappa shape index (κ3) is 8.54. The van der Waals surface area contributed by atoms with Crippen molar-refractivity contribution in [1.82, 2.24) is 10.2 Å². The summed E-state index contributed by atoms with van der Waals surface area (Å²) >= 11 is 0. The molecule has 0 heterocycles. The van der Waals surface area contributed by atoms with Crippen LogP contribution in [0.3, 0.4) is 0 Å². The standard InChI is InChI=1S/C12H26N4O/c1-9(2)8-16(7-6-10(13)14)11(17)15-12(3,4)5/h9H,6-8H2,1-5H3,(H3,13,14)(H,15,17). The summed E-state index contributed by atoms with van der Waals surface area (Å²) in [5.41, 5.74) is 5.08. The molecule has 0 aromatic carbocycles. The molecule has 2 amide bonds. The van der Waals surface area contributed by atoms with Crippen molar-refractivity contribution in [2.24, 2.45) is 11.7 Å². The molecule has 5 heteroatoms. The Bertz CT molecular complexity index is 268. The number of rotatable bonds is 5. The molecule has 0 aliphatic heterocycles. The fourth-order valence-electron chi connectivity index (χ4n) is 1.37. The van der Waals surface area contributed by atoms with Crippen molar-refractivity contribution < 1.29 is 4.79 Å². The number of hydrogen-bond acceptors (Lipinski definition) is 2. The van der Waals surface area contributed by atoms with Gasteiger partial charge in [-0.3, -0.25) is 5.41 Å². The van der Waals surface area contributed by atoms with Crippen LogP contribution in [0.4, 0.5) is 4.79 Å². The summed E-state index contributed by atoms with van der Waals surface area (Å²) in [5.74, 6) is 0.509. The van der Waals surface area contributed by atoms with Crippen LogP contribution in [-0.4, -0.2) is 35.4 Å². The van der Waals surface area contributed by atoms with E-state index in [4.69, 9.17) is 11.1 Å². The largest absolute Gasteiger partial charge is 0.388 e. The minimum Gasteiger partial charge on any atom is -0.388 e. The second kappa shape index (κ2) is 6.47. The maximum absolute atomic E-state index is 12.0. The molecule has 0 aliphatic rings. The second-order valence-corrected chi connectivity index (χ2v) is 5.80. The number of carbonyl (C=O) groups excluding carboxylic acids is 1. The Morgan fingerprint density at radius 1 is 1.41 bits per heavy atom. The highest BCUT2D eigenvalue weighted by Crippen LogP contribution is 2.05. The molecule has 17 heavy (non-hydrogen) atoms. The SMILES string of the molecule is CC(C)CN(CCC(=N)N)C(=O)NC(C)(C)C.